The molecular formula is C24H30N2O5. The SMILES string of the molecule is COc1ccc(C(C)CC(=O)N2CCN(Cc3ccc4c(c3)OCO4)CC2)c(OC)c1. The van der Waals surface area contributed by atoms with E-state index >= 15 is 0 Å². The van der Waals surface area contributed by atoms with E-state index < -0.39 is 0 Å². The minimum atomic E-state index is 0.0695. The molecule has 166 valence electrons. The number of nitrogens with zero attached hydrogens (tertiary/aromatic N) is 2. The fourth-order valence-corrected chi connectivity index (χ4v) is 4.18. The lowest BCUT2D eigenvalue weighted by molar-refractivity contribution is -0.133. The second-order valence-electron chi connectivity index (χ2n) is 8.06. The monoisotopic (exact) mass is 426 g/mol. The maximum atomic E-state index is 12.9. The number of carbonyl (C=O) groups excluding carboxylic acids is 1. The molecule has 2 aliphatic rings. The van der Waals surface area contributed by atoms with Gasteiger partial charge in [0.2, 0.25) is 12.7 Å². The predicted molar refractivity (Wildman–Crippen MR) is 117 cm³/mol. The highest BCUT2D eigenvalue weighted by atomic mass is 16.7. The van der Waals surface area contributed by atoms with Crippen molar-refractivity contribution in [3.05, 3.63) is 47.5 Å². The van der Waals surface area contributed by atoms with Crippen LogP contribution in [0, 0.1) is 0 Å². The molecule has 0 spiro atoms. The zero-order valence-corrected chi connectivity index (χ0v) is 18.4. The molecule has 1 fully saturated rings. The molecule has 1 amide bonds. The van der Waals surface area contributed by atoms with Crippen molar-refractivity contribution < 1.29 is 23.7 Å². The molecule has 0 saturated carbocycles. The highest BCUT2D eigenvalue weighted by molar-refractivity contribution is 5.77. The number of fused-ring (bicyclic) bond motifs is 1. The molecule has 2 aromatic rings. The molecule has 7 heteroatoms. The van der Waals surface area contributed by atoms with Crippen molar-refractivity contribution in [2.24, 2.45) is 0 Å². The van der Waals surface area contributed by atoms with Gasteiger partial charge < -0.3 is 23.8 Å². The minimum Gasteiger partial charge on any atom is -0.497 e. The maximum Gasteiger partial charge on any atom is 0.231 e. The fraction of sp³-hybridized carbons (Fsp3) is 0.458. The van der Waals surface area contributed by atoms with Crippen LogP contribution < -0.4 is 18.9 Å². The molecule has 0 aromatic heterocycles. The summed E-state index contributed by atoms with van der Waals surface area (Å²) < 4.78 is 21.6. The summed E-state index contributed by atoms with van der Waals surface area (Å²) in [6.45, 7) is 6.42. The summed E-state index contributed by atoms with van der Waals surface area (Å²) >= 11 is 0. The van der Waals surface area contributed by atoms with Crippen molar-refractivity contribution in [2.45, 2.75) is 25.8 Å². The van der Waals surface area contributed by atoms with E-state index in [0.29, 0.717) is 13.2 Å². The van der Waals surface area contributed by atoms with E-state index in [0.717, 1.165) is 61.3 Å². The summed E-state index contributed by atoms with van der Waals surface area (Å²) in [5.74, 6) is 3.38. The number of methoxy groups -OCH3 is 2. The van der Waals surface area contributed by atoms with Crippen molar-refractivity contribution in [2.75, 3.05) is 47.2 Å². The number of carbonyl (C=O) groups is 1. The molecular weight excluding hydrogens is 396 g/mol. The van der Waals surface area contributed by atoms with Gasteiger partial charge >= 0.3 is 0 Å². The standard InChI is InChI=1S/C24H30N2O5/c1-17(20-6-5-19(28-2)14-22(20)29-3)12-24(27)26-10-8-25(9-11-26)15-18-4-7-21-23(13-18)31-16-30-21/h4-7,13-14,17H,8-12,15-16H2,1-3H3. The van der Waals surface area contributed by atoms with Gasteiger partial charge in [0.25, 0.3) is 0 Å². The summed E-state index contributed by atoms with van der Waals surface area (Å²) in [4.78, 5) is 17.3. The van der Waals surface area contributed by atoms with Crippen molar-refractivity contribution in [3.63, 3.8) is 0 Å². The Balaban J connectivity index is 1.29. The van der Waals surface area contributed by atoms with E-state index in [1.807, 2.05) is 35.2 Å². The summed E-state index contributed by atoms with van der Waals surface area (Å²) in [6.07, 6.45) is 0.463. The Morgan fingerprint density at radius 2 is 1.77 bits per heavy atom. The molecule has 1 atom stereocenters. The van der Waals surface area contributed by atoms with E-state index in [-0.39, 0.29) is 11.8 Å². The Morgan fingerprint density at radius 3 is 2.52 bits per heavy atom. The van der Waals surface area contributed by atoms with Crippen LogP contribution in [-0.4, -0.2) is 62.9 Å². The van der Waals surface area contributed by atoms with E-state index in [9.17, 15) is 4.79 Å². The highest BCUT2D eigenvalue weighted by Gasteiger charge is 2.24. The number of hydrogen-bond acceptors (Lipinski definition) is 6. The average molecular weight is 427 g/mol. The van der Waals surface area contributed by atoms with Crippen LogP contribution in [0.1, 0.15) is 30.4 Å². The Hall–Kier alpha value is -2.93. The second kappa shape index (κ2) is 9.47. The largest absolute Gasteiger partial charge is 0.497 e. The second-order valence-corrected chi connectivity index (χ2v) is 8.06. The summed E-state index contributed by atoms with van der Waals surface area (Å²) in [6, 6.07) is 11.9. The van der Waals surface area contributed by atoms with E-state index in [1.165, 1.54) is 5.56 Å². The first-order valence-electron chi connectivity index (χ1n) is 10.7. The molecule has 0 N–H and O–H groups in total. The van der Waals surface area contributed by atoms with Crippen LogP contribution in [0.4, 0.5) is 0 Å². The lowest BCUT2D eigenvalue weighted by Crippen LogP contribution is -2.48. The number of ether oxygens (including phenoxy) is 4. The van der Waals surface area contributed by atoms with Gasteiger partial charge in [-0.2, -0.15) is 0 Å². The van der Waals surface area contributed by atoms with Crippen molar-refractivity contribution in [1.82, 2.24) is 9.80 Å². The maximum absolute atomic E-state index is 12.9. The van der Waals surface area contributed by atoms with Gasteiger partial charge in [0.1, 0.15) is 11.5 Å². The molecule has 1 saturated heterocycles. The minimum absolute atomic E-state index is 0.0695. The normalized spacial score (nSPS) is 16.8. The van der Waals surface area contributed by atoms with Crippen LogP contribution in [0.3, 0.4) is 0 Å². The number of amides is 1. The van der Waals surface area contributed by atoms with Gasteiger partial charge in [-0.15, -0.1) is 0 Å². The quantitative estimate of drug-likeness (QED) is 0.677. The third-order valence-corrected chi connectivity index (χ3v) is 6.02. The molecule has 0 bridgehead atoms. The van der Waals surface area contributed by atoms with Gasteiger partial charge in [0.15, 0.2) is 11.5 Å². The summed E-state index contributed by atoms with van der Waals surface area (Å²) in [5.41, 5.74) is 2.22. The van der Waals surface area contributed by atoms with Gasteiger partial charge in [0.05, 0.1) is 14.2 Å². The van der Waals surface area contributed by atoms with Crippen molar-refractivity contribution in [1.29, 1.82) is 0 Å². The van der Waals surface area contributed by atoms with Gasteiger partial charge in [0, 0.05) is 45.2 Å². The Bertz CT molecular complexity index is 924. The zero-order chi connectivity index (χ0) is 21.8. The number of benzene rings is 2. The molecule has 0 aliphatic carbocycles. The first-order valence-corrected chi connectivity index (χ1v) is 10.7. The van der Waals surface area contributed by atoms with E-state index in [1.54, 1.807) is 14.2 Å². The van der Waals surface area contributed by atoms with Gasteiger partial charge in [-0.05, 0) is 35.2 Å². The highest BCUT2D eigenvalue weighted by Crippen LogP contribution is 2.34. The molecule has 2 heterocycles. The van der Waals surface area contributed by atoms with Gasteiger partial charge in [-0.1, -0.05) is 19.1 Å². The lowest BCUT2D eigenvalue weighted by Gasteiger charge is -2.35. The average Bonchev–Trinajstić information content (AvgIpc) is 3.27. The molecule has 4 rings (SSSR count). The number of hydrogen-bond donors (Lipinski definition) is 0. The van der Waals surface area contributed by atoms with Crippen molar-refractivity contribution in [3.8, 4) is 23.0 Å². The van der Waals surface area contributed by atoms with E-state index in [2.05, 4.69) is 17.9 Å². The Morgan fingerprint density at radius 1 is 1.00 bits per heavy atom. The predicted octanol–water partition coefficient (Wildman–Crippen LogP) is 3.27. The number of piperazine rings is 1. The van der Waals surface area contributed by atoms with Crippen LogP contribution in [0.2, 0.25) is 0 Å². The van der Waals surface area contributed by atoms with Crippen LogP contribution in [0.25, 0.3) is 0 Å². The molecule has 31 heavy (non-hydrogen) atoms. The lowest BCUT2D eigenvalue weighted by atomic mass is 9.95. The van der Waals surface area contributed by atoms with Crippen LogP contribution in [0.5, 0.6) is 23.0 Å². The first kappa shape index (κ1) is 21.3. The van der Waals surface area contributed by atoms with Gasteiger partial charge in [-0.25, -0.2) is 0 Å². The fourth-order valence-electron chi connectivity index (χ4n) is 4.18. The van der Waals surface area contributed by atoms with Crippen molar-refractivity contribution >= 4 is 5.91 Å². The number of rotatable bonds is 7. The third kappa shape index (κ3) is 4.88. The Kier molecular flexibility index (Phi) is 6.51. The van der Waals surface area contributed by atoms with E-state index in [4.69, 9.17) is 18.9 Å². The Labute approximate surface area is 183 Å². The van der Waals surface area contributed by atoms with Gasteiger partial charge in [-0.3, -0.25) is 9.69 Å². The smallest absolute Gasteiger partial charge is 0.231 e. The summed E-state index contributed by atoms with van der Waals surface area (Å²) in [7, 11) is 3.28. The molecule has 1 unspecified atom stereocenters. The molecule has 2 aliphatic heterocycles. The molecule has 2 aromatic carbocycles. The third-order valence-electron chi connectivity index (χ3n) is 6.02. The first-order chi connectivity index (χ1) is 15.1. The van der Waals surface area contributed by atoms with Crippen LogP contribution in [-0.2, 0) is 11.3 Å². The zero-order valence-electron chi connectivity index (χ0n) is 18.4. The molecule has 7 nitrogen and oxygen atoms in total. The van der Waals surface area contributed by atoms with Crippen LogP contribution in [0.15, 0.2) is 36.4 Å². The topological polar surface area (TPSA) is 60.5 Å². The molecule has 0 radical (unpaired) electrons. The summed E-state index contributed by atoms with van der Waals surface area (Å²) in [5, 5.41) is 0. The van der Waals surface area contributed by atoms with Crippen LogP contribution >= 0.6 is 0 Å².